The van der Waals surface area contributed by atoms with Crippen LogP contribution in [-0.2, 0) is 11.2 Å². The molecule has 0 N–H and O–H groups in total. The van der Waals surface area contributed by atoms with Crippen molar-refractivity contribution in [2.45, 2.75) is 24.6 Å². The van der Waals surface area contributed by atoms with Crippen molar-refractivity contribution in [2.24, 2.45) is 0 Å². The van der Waals surface area contributed by atoms with Gasteiger partial charge in [0.15, 0.2) is 0 Å². The van der Waals surface area contributed by atoms with Crippen LogP contribution in [0.15, 0.2) is 18.2 Å². The number of alkyl halides is 1. The van der Waals surface area contributed by atoms with Gasteiger partial charge in [0.1, 0.15) is 5.82 Å². The fraction of sp³-hybridized carbons (Fsp3) is 0.417. The van der Waals surface area contributed by atoms with Crippen LogP contribution in [-0.4, -0.2) is 17.3 Å². The number of amides is 1. The quantitative estimate of drug-likeness (QED) is 0.727. The van der Waals surface area contributed by atoms with E-state index in [1.54, 1.807) is 17.9 Å². The Hall–Kier alpha value is -0.900. The Labute approximate surface area is 103 Å². The third-order valence-electron chi connectivity index (χ3n) is 2.77. The summed E-state index contributed by atoms with van der Waals surface area (Å²) in [7, 11) is 0. The molecule has 2 nitrogen and oxygen atoms in total. The predicted molar refractivity (Wildman–Crippen MR) is 65.5 cm³/mol. The van der Waals surface area contributed by atoms with Crippen molar-refractivity contribution in [3.63, 3.8) is 0 Å². The summed E-state index contributed by atoms with van der Waals surface area (Å²) in [6.07, 6.45) is 1.73. The zero-order chi connectivity index (χ0) is 11.7. The van der Waals surface area contributed by atoms with E-state index in [0.29, 0.717) is 6.54 Å². The Morgan fingerprint density at radius 3 is 3.00 bits per heavy atom. The number of benzene rings is 1. The molecule has 1 amide bonds. The second-order valence-corrected chi connectivity index (χ2v) is 5.36. The fourth-order valence-corrected chi connectivity index (χ4v) is 2.26. The number of hydrogen-bond donors (Lipinski definition) is 0. The highest BCUT2D eigenvalue weighted by Crippen LogP contribution is 2.28. The third kappa shape index (κ3) is 2.12. The first-order valence-electron chi connectivity index (χ1n) is 5.33. The van der Waals surface area contributed by atoms with Crippen LogP contribution in [0, 0.1) is 5.82 Å². The maximum atomic E-state index is 13.1. The van der Waals surface area contributed by atoms with Gasteiger partial charge in [-0.05, 0) is 43.5 Å². The monoisotopic (exact) mass is 285 g/mol. The Morgan fingerprint density at radius 2 is 2.31 bits per heavy atom. The van der Waals surface area contributed by atoms with Gasteiger partial charge in [0, 0.05) is 12.2 Å². The predicted octanol–water partition coefficient (Wildman–Crippen LogP) is 2.89. The fourth-order valence-electron chi connectivity index (χ4n) is 2.01. The SMILES string of the molecule is CC(Br)C(=O)N1CCCc2cc(F)ccc21. The Kier molecular flexibility index (Phi) is 3.28. The lowest BCUT2D eigenvalue weighted by molar-refractivity contribution is -0.117. The standard InChI is InChI=1S/C12H13BrFNO/c1-8(13)12(16)15-6-2-3-9-7-10(14)4-5-11(9)15/h4-5,7-8H,2-3,6H2,1H3. The molecular weight excluding hydrogens is 273 g/mol. The minimum Gasteiger partial charge on any atom is -0.311 e. The lowest BCUT2D eigenvalue weighted by Crippen LogP contribution is -2.39. The van der Waals surface area contributed by atoms with Gasteiger partial charge in [0.05, 0.1) is 4.83 Å². The number of anilines is 1. The van der Waals surface area contributed by atoms with Crippen molar-refractivity contribution < 1.29 is 9.18 Å². The molecule has 0 bridgehead atoms. The average molecular weight is 286 g/mol. The molecule has 1 aromatic carbocycles. The van der Waals surface area contributed by atoms with Crippen LogP contribution in [0.5, 0.6) is 0 Å². The van der Waals surface area contributed by atoms with Crippen molar-refractivity contribution in [1.82, 2.24) is 0 Å². The van der Waals surface area contributed by atoms with E-state index in [1.807, 2.05) is 0 Å². The average Bonchev–Trinajstić information content (AvgIpc) is 2.26. The van der Waals surface area contributed by atoms with E-state index < -0.39 is 0 Å². The normalized spacial score (nSPS) is 16.8. The molecule has 1 unspecified atom stereocenters. The number of halogens is 2. The smallest absolute Gasteiger partial charge is 0.240 e. The van der Waals surface area contributed by atoms with Crippen LogP contribution < -0.4 is 4.90 Å². The Bertz CT molecular complexity index is 419. The molecule has 1 aromatic rings. The highest BCUT2D eigenvalue weighted by molar-refractivity contribution is 9.10. The zero-order valence-electron chi connectivity index (χ0n) is 9.04. The summed E-state index contributed by atoms with van der Waals surface area (Å²) >= 11 is 3.28. The number of hydrogen-bond acceptors (Lipinski definition) is 1. The summed E-state index contributed by atoms with van der Waals surface area (Å²) in [5.74, 6) is -0.201. The van der Waals surface area contributed by atoms with Gasteiger partial charge in [-0.15, -0.1) is 0 Å². The molecule has 0 aliphatic carbocycles. The third-order valence-corrected chi connectivity index (χ3v) is 3.16. The molecule has 1 aliphatic heterocycles. The number of aryl methyl sites for hydroxylation is 1. The van der Waals surface area contributed by atoms with Gasteiger partial charge < -0.3 is 4.90 Å². The lowest BCUT2D eigenvalue weighted by Gasteiger charge is -2.30. The molecule has 0 saturated heterocycles. The van der Waals surface area contributed by atoms with Gasteiger partial charge in [-0.3, -0.25) is 4.79 Å². The molecule has 4 heteroatoms. The first kappa shape index (κ1) is 11.6. The molecule has 16 heavy (non-hydrogen) atoms. The van der Waals surface area contributed by atoms with Crippen molar-refractivity contribution in [2.75, 3.05) is 11.4 Å². The minimum atomic E-state index is -0.236. The second-order valence-electron chi connectivity index (χ2n) is 3.98. The van der Waals surface area contributed by atoms with E-state index in [9.17, 15) is 9.18 Å². The van der Waals surface area contributed by atoms with Gasteiger partial charge in [-0.1, -0.05) is 15.9 Å². The molecule has 0 radical (unpaired) electrons. The van der Waals surface area contributed by atoms with Crippen LogP contribution in [0.3, 0.4) is 0 Å². The van der Waals surface area contributed by atoms with E-state index in [-0.39, 0.29) is 16.6 Å². The number of rotatable bonds is 1. The molecule has 1 heterocycles. The number of nitrogens with zero attached hydrogens (tertiary/aromatic N) is 1. The number of fused-ring (bicyclic) bond motifs is 1. The highest BCUT2D eigenvalue weighted by Gasteiger charge is 2.24. The molecule has 0 saturated carbocycles. The maximum absolute atomic E-state index is 13.1. The highest BCUT2D eigenvalue weighted by atomic mass is 79.9. The molecule has 0 spiro atoms. The number of carbonyl (C=O) groups is 1. The minimum absolute atomic E-state index is 0.0348. The van der Waals surface area contributed by atoms with E-state index in [1.165, 1.54) is 12.1 Å². The summed E-state index contributed by atoms with van der Waals surface area (Å²) in [6, 6.07) is 4.62. The van der Waals surface area contributed by atoms with Gasteiger partial charge in [0.2, 0.25) is 5.91 Å². The van der Waals surface area contributed by atoms with Crippen molar-refractivity contribution in [3.05, 3.63) is 29.6 Å². The molecule has 0 fully saturated rings. The zero-order valence-corrected chi connectivity index (χ0v) is 10.6. The van der Waals surface area contributed by atoms with Crippen LogP contribution in [0.4, 0.5) is 10.1 Å². The molecular formula is C12H13BrFNO. The summed E-state index contributed by atoms with van der Waals surface area (Å²) in [5.41, 5.74) is 1.77. The molecule has 1 aliphatic rings. The van der Waals surface area contributed by atoms with Gasteiger partial charge >= 0.3 is 0 Å². The lowest BCUT2D eigenvalue weighted by atomic mass is 10.0. The number of carbonyl (C=O) groups excluding carboxylic acids is 1. The van der Waals surface area contributed by atoms with E-state index in [0.717, 1.165) is 24.1 Å². The van der Waals surface area contributed by atoms with Crippen molar-refractivity contribution >= 4 is 27.5 Å². The van der Waals surface area contributed by atoms with E-state index in [2.05, 4.69) is 15.9 Å². The molecule has 1 atom stereocenters. The summed E-state index contributed by atoms with van der Waals surface area (Å²) in [5, 5.41) is 0. The van der Waals surface area contributed by atoms with Gasteiger partial charge in [-0.25, -0.2) is 4.39 Å². The van der Waals surface area contributed by atoms with Gasteiger partial charge in [-0.2, -0.15) is 0 Å². The van der Waals surface area contributed by atoms with Crippen molar-refractivity contribution in [1.29, 1.82) is 0 Å². The molecule has 2 rings (SSSR count). The van der Waals surface area contributed by atoms with Crippen LogP contribution in [0.1, 0.15) is 18.9 Å². The largest absolute Gasteiger partial charge is 0.311 e. The van der Waals surface area contributed by atoms with E-state index >= 15 is 0 Å². The first-order valence-corrected chi connectivity index (χ1v) is 6.25. The second kappa shape index (κ2) is 4.53. The van der Waals surface area contributed by atoms with Crippen LogP contribution in [0.25, 0.3) is 0 Å². The van der Waals surface area contributed by atoms with Crippen molar-refractivity contribution in [3.8, 4) is 0 Å². The maximum Gasteiger partial charge on any atom is 0.240 e. The summed E-state index contributed by atoms with van der Waals surface area (Å²) in [6.45, 7) is 2.52. The van der Waals surface area contributed by atoms with Gasteiger partial charge in [0.25, 0.3) is 0 Å². The Balaban J connectivity index is 2.37. The van der Waals surface area contributed by atoms with Crippen LogP contribution in [0.2, 0.25) is 0 Å². The summed E-state index contributed by atoms with van der Waals surface area (Å²) in [4.78, 5) is 13.5. The van der Waals surface area contributed by atoms with E-state index in [4.69, 9.17) is 0 Å². The summed E-state index contributed by atoms with van der Waals surface area (Å²) < 4.78 is 13.1. The molecule has 0 aromatic heterocycles. The topological polar surface area (TPSA) is 20.3 Å². The molecule has 86 valence electrons. The Morgan fingerprint density at radius 1 is 1.56 bits per heavy atom. The first-order chi connectivity index (χ1) is 7.59. The van der Waals surface area contributed by atoms with Crippen LogP contribution >= 0.6 is 15.9 Å².